The molecule has 0 unspecified atom stereocenters. The highest BCUT2D eigenvalue weighted by atomic mass is 79.9. The van der Waals surface area contributed by atoms with E-state index < -0.39 is 10.7 Å². The molecule has 0 spiro atoms. The minimum Gasteiger partial charge on any atom is -0.258 e. The van der Waals surface area contributed by atoms with Crippen molar-refractivity contribution in [3.8, 4) is 6.07 Å². The Hall–Kier alpha value is -1.48. The van der Waals surface area contributed by atoms with Crippen LogP contribution >= 0.6 is 15.9 Å². The lowest BCUT2D eigenvalue weighted by molar-refractivity contribution is -0.385. The Kier molecular flexibility index (Phi) is 3.14. The molecule has 0 aliphatic heterocycles. The fraction of sp³-hybridized carbons (Fsp3) is 0.125. The van der Waals surface area contributed by atoms with Crippen LogP contribution in [-0.4, -0.2) is 4.92 Å². The first-order chi connectivity index (χ1) is 6.56. The molecule has 0 bridgehead atoms. The molecule has 0 aromatic heterocycles. The molecule has 0 amide bonds. The predicted octanol–water partition coefficient (Wildman–Crippen LogP) is 2.56. The Labute approximate surface area is 87.2 Å². The van der Waals surface area contributed by atoms with Gasteiger partial charge in [-0.15, -0.1) is 0 Å². The minimum atomic E-state index is -0.735. The number of hydrogen-bond acceptors (Lipinski definition) is 3. The van der Waals surface area contributed by atoms with E-state index in [2.05, 4.69) is 15.9 Å². The lowest BCUT2D eigenvalue weighted by Crippen LogP contribution is -1.95. The molecule has 1 rings (SSSR count). The van der Waals surface area contributed by atoms with Crippen molar-refractivity contribution in [3.05, 3.63) is 38.1 Å². The number of rotatable bonds is 2. The molecule has 6 heteroatoms. The Morgan fingerprint density at radius 3 is 2.79 bits per heavy atom. The molecule has 72 valence electrons. The summed E-state index contributed by atoms with van der Waals surface area (Å²) in [6, 6.07) is 3.82. The highest BCUT2D eigenvalue weighted by Crippen LogP contribution is 2.27. The van der Waals surface area contributed by atoms with E-state index in [1.54, 1.807) is 6.07 Å². The Morgan fingerprint density at radius 2 is 2.29 bits per heavy atom. The molecule has 0 aliphatic carbocycles. The van der Waals surface area contributed by atoms with Crippen molar-refractivity contribution in [2.24, 2.45) is 0 Å². The molecule has 0 aliphatic rings. The summed E-state index contributed by atoms with van der Waals surface area (Å²) in [7, 11) is 0. The van der Waals surface area contributed by atoms with Gasteiger partial charge in [-0.2, -0.15) is 5.26 Å². The average molecular weight is 259 g/mol. The van der Waals surface area contributed by atoms with Crippen LogP contribution in [0, 0.1) is 27.3 Å². The molecule has 0 radical (unpaired) electrons. The maximum Gasteiger partial charge on any atom is 0.286 e. The van der Waals surface area contributed by atoms with Crippen LogP contribution in [0.1, 0.15) is 5.56 Å². The summed E-state index contributed by atoms with van der Waals surface area (Å²) in [5, 5.41) is 18.7. The molecule has 0 saturated heterocycles. The normalized spacial score (nSPS) is 9.50. The van der Waals surface area contributed by atoms with Gasteiger partial charge >= 0.3 is 0 Å². The Balaban J connectivity index is 3.25. The molecule has 0 atom stereocenters. The summed E-state index contributed by atoms with van der Waals surface area (Å²) in [5.74, 6) is -0.735. The van der Waals surface area contributed by atoms with Gasteiger partial charge in [-0.1, -0.05) is 0 Å². The average Bonchev–Trinajstić information content (AvgIpc) is 2.10. The summed E-state index contributed by atoms with van der Waals surface area (Å²) in [6.45, 7) is 0. The Bertz CT molecular complexity index is 428. The second kappa shape index (κ2) is 4.15. The standard InChI is InChI=1S/C8H4BrFN2O2/c9-6-3-5(1-2-11)7(10)4-8(6)12(13)14/h3-4H,1H2. The van der Waals surface area contributed by atoms with Crippen molar-refractivity contribution >= 4 is 21.6 Å². The van der Waals surface area contributed by atoms with Gasteiger partial charge in [0.25, 0.3) is 5.69 Å². The number of nitro groups is 1. The molecule has 1 aromatic rings. The largest absolute Gasteiger partial charge is 0.286 e. The molecule has 0 heterocycles. The highest BCUT2D eigenvalue weighted by Gasteiger charge is 2.16. The zero-order valence-electron chi connectivity index (χ0n) is 6.83. The minimum absolute atomic E-state index is 0.109. The van der Waals surface area contributed by atoms with E-state index in [-0.39, 0.29) is 22.1 Å². The van der Waals surface area contributed by atoms with Gasteiger partial charge in [0.2, 0.25) is 0 Å². The van der Waals surface area contributed by atoms with Crippen LogP contribution in [0.5, 0.6) is 0 Å². The number of nitro benzene ring substituents is 1. The number of benzene rings is 1. The van der Waals surface area contributed by atoms with Gasteiger partial charge in [-0.05, 0) is 22.0 Å². The third-order valence-corrected chi connectivity index (χ3v) is 2.22. The van der Waals surface area contributed by atoms with E-state index in [0.717, 1.165) is 6.07 Å². The van der Waals surface area contributed by atoms with Gasteiger partial charge in [0.05, 0.1) is 28.0 Å². The monoisotopic (exact) mass is 258 g/mol. The molecule has 0 N–H and O–H groups in total. The lowest BCUT2D eigenvalue weighted by Gasteiger charge is -2.00. The van der Waals surface area contributed by atoms with Crippen molar-refractivity contribution < 1.29 is 9.31 Å². The molecular formula is C8H4BrFN2O2. The zero-order chi connectivity index (χ0) is 10.7. The quantitative estimate of drug-likeness (QED) is 0.605. The molecule has 0 fully saturated rings. The van der Waals surface area contributed by atoms with E-state index >= 15 is 0 Å². The smallest absolute Gasteiger partial charge is 0.258 e. The second-order valence-electron chi connectivity index (χ2n) is 2.49. The first-order valence-corrected chi connectivity index (χ1v) is 4.35. The van der Waals surface area contributed by atoms with Crippen molar-refractivity contribution in [3.63, 3.8) is 0 Å². The van der Waals surface area contributed by atoms with E-state index in [0.29, 0.717) is 0 Å². The van der Waals surface area contributed by atoms with Gasteiger partial charge in [-0.25, -0.2) is 4.39 Å². The lowest BCUT2D eigenvalue weighted by atomic mass is 10.1. The molecule has 14 heavy (non-hydrogen) atoms. The van der Waals surface area contributed by atoms with E-state index in [9.17, 15) is 14.5 Å². The van der Waals surface area contributed by atoms with Crippen LogP contribution in [0.25, 0.3) is 0 Å². The fourth-order valence-electron chi connectivity index (χ4n) is 0.938. The van der Waals surface area contributed by atoms with Gasteiger partial charge in [0.15, 0.2) is 0 Å². The topological polar surface area (TPSA) is 66.9 Å². The van der Waals surface area contributed by atoms with Crippen LogP contribution in [0.15, 0.2) is 16.6 Å². The number of halogens is 2. The second-order valence-corrected chi connectivity index (χ2v) is 3.34. The zero-order valence-corrected chi connectivity index (χ0v) is 8.41. The van der Waals surface area contributed by atoms with E-state index in [4.69, 9.17) is 5.26 Å². The van der Waals surface area contributed by atoms with Gasteiger partial charge in [0, 0.05) is 5.56 Å². The first kappa shape index (κ1) is 10.6. The van der Waals surface area contributed by atoms with Crippen LogP contribution in [0.2, 0.25) is 0 Å². The summed E-state index contributed by atoms with van der Waals surface area (Å²) in [5.41, 5.74) is -0.200. The van der Waals surface area contributed by atoms with Crippen molar-refractivity contribution in [2.75, 3.05) is 0 Å². The Morgan fingerprint density at radius 1 is 1.64 bits per heavy atom. The maximum absolute atomic E-state index is 13.1. The highest BCUT2D eigenvalue weighted by molar-refractivity contribution is 9.10. The SMILES string of the molecule is N#CCc1cc(Br)c([N+](=O)[O-])cc1F. The maximum atomic E-state index is 13.1. The van der Waals surface area contributed by atoms with E-state index in [1.165, 1.54) is 6.07 Å². The summed E-state index contributed by atoms with van der Waals surface area (Å²) in [4.78, 5) is 9.70. The van der Waals surface area contributed by atoms with Crippen LogP contribution < -0.4 is 0 Å². The van der Waals surface area contributed by atoms with Gasteiger partial charge in [0.1, 0.15) is 5.82 Å². The molecular weight excluding hydrogens is 255 g/mol. The predicted molar refractivity (Wildman–Crippen MR) is 50.1 cm³/mol. The summed E-state index contributed by atoms with van der Waals surface area (Å²) >= 11 is 2.93. The van der Waals surface area contributed by atoms with Crippen molar-refractivity contribution in [2.45, 2.75) is 6.42 Å². The third kappa shape index (κ3) is 2.06. The third-order valence-electron chi connectivity index (χ3n) is 1.58. The summed E-state index contributed by atoms with van der Waals surface area (Å²) in [6.07, 6.45) is -0.109. The summed E-state index contributed by atoms with van der Waals surface area (Å²) < 4.78 is 13.3. The number of hydrogen-bond donors (Lipinski definition) is 0. The van der Waals surface area contributed by atoms with Gasteiger partial charge in [-0.3, -0.25) is 10.1 Å². The van der Waals surface area contributed by atoms with Gasteiger partial charge < -0.3 is 0 Å². The van der Waals surface area contributed by atoms with Crippen LogP contribution in [0.3, 0.4) is 0 Å². The van der Waals surface area contributed by atoms with Crippen LogP contribution in [0.4, 0.5) is 10.1 Å². The van der Waals surface area contributed by atoms with Crippen LogP contribution in [-0.2, 0) is 6.42 Å². The number of nitriles is 1. The molecule has 1 aromatic carbocycles. The molecule has 0 saturated carbocycles. The fourth-order valence-corrected chi connectivity index (χ4v) is 1.47. The first-order valence-electron chi connectivity index (χ1n) is 3.55. The van der Waals surface area contributed by atoms with E-state index in [1.807, 2.05) is 0 Å². The van der Waals surface area contributed by atoms with Crippen molar-refractivity contribution in [1.82, 2.24) is 0 Å². The molecule has 4 nitrogen and oxygen atoms in total. The van der Waals surface area contributed by atoms with Crippen molar-refractivity contribution in [1.29, 1.82) is 5.26 Å². The number of nitrogens with zero attached hydrogens (tertiary/aromatic N) is 2.